The number of hydrogen-bond donors (Lipinski definition) is 2. The summed E-state index contributed by atoms with van der Waals surface area (Å²) in [6, 6.07) is 9.44. The molecule has 1 aromatic rings. The first-order valence-corrected chi connectivity index (χ1v) is 10.3. The molecule has 0 saturated heterocycles. The average molecular weight is 449 g/mol. The number of nitrogens with two attached hydrogens (primary N) is 1. The van der Waals surface area contributed by atoms with Crippen LogP contribution in [0.4, 0.5) is 4.79 Å². The molecular weight excluding hydrogens is 418 g/mol. The van der Waals surface area contributed by atoms with E-state index < -0.39 is 34.3 Å². The van der Waals surface area contributed by atoms with Crippen molar-refractivity contribution in [2.24, 2.45) is 16.0 Å². The maximum absolute atomic E-state index is 11.0. The van der Waals surface area contributed by atoms with Gasteiger partial charge in [-0.05, 0) is 45.2 Å². The molecular formula is C19H31ClN3O5S-. The maximum Gasteiger partial charge on any atom is 0.405 e. The minimum atomic E-state index is -1.92. The van der Waals surface area contributed by atoms with Crippen molar-refractivity contribution in [3.8, 4) is 0 Å². The lowest BCUT2D eigenvalue weighted by atomic mass is 10.1. The number of ether oxygens (including phenoxy) is 1. The Morgan fingerprint density at radius 1 is 1.21 bits per heavy atom. The Hall–Kier alpha value is -2.13. The van der Waals surface area contributed by atoms with Crippen LogP contribution in [0.15, 0.2) is 34.7 Å². The Morgan fingerprint density at radius 2 is 1.72 bits per heavy atom. The molecule has 1 rings (SSSR count). The van der Waals surface area contributed by atoms with Crippen LogP contribution in [0.25, 0.3) is 0 Å². The Morgan fingerprint density at radius 3 is 2.00 bits per heavy atom. The highest BCUT2D eigenvalue weighted by molar-refractivity contribution is 7.73. The van der Waals surface area contributed by atoms with Crippen LogP contribution in [0, 0.1) is 5.92 Å². The zero-order valence-electron chi connectivity index (χ0n) is 17.7. The number of halogens is 1. The lowest BCUT2D eigenvalue weighted by Gasteiger charge is -2.16. The molecule has 0 saturated carbocycles. The molecule has 0 atom stereocenters. The zero-order chi connectivity index (χ0) is 23.0. The molecule has 0 spiro atoms. The van der Waals surface area contributed by atoms with Gasteiger partial charge >= 0.3 is 6.09 Å². The first-order chi connectivity index (χ1) is 13.2. The van der Waals surface area contributed by atoms with Crippen molar-refractivity contribution in [3.05, 3.63) is 35.4 Å². The van der Waals surface area contributed by atoms with Gasteiger partial charge in [-0.2, -0.15) is 0 Å². The number of rotatable bonds is 4. The normalized spacial score (nSPS) is 11.3. The molecule has 0 fully saturated rings. The molecule has 0 aliphatic heterocycles. The summed E-state index contributed by atoms with van der Waals surface area (Å²) in [5.74, 6) is -0.502. The molecule has 1 aromatic carbocycles. The summed E-state index contributed by atoms with van der Waals surface area (Å²) in [5, 5.41) is 0.794. The van der Waals surface area contributed by atoms with E-state index in [0.29, 0.717) is 12.3 Å². The summed E-state index contributed by atoms with van der Waals surface area (Å²) in [7, 11) is -1.92. The Kier molecular flexibility index (Phi) is 15.8. The van der Waals surface area contributed by atoms with E-state index in [-0.39, 0.29) is 6.42 Å². The van der Waals surface area contributed by atoms with E-state index in [2.05, 4.69) is 9.10 Å². The highest BCUT2D eigenvalue weighted by Crippen LogP contribution is 2.05. The van der Waals surface area contributed by atoms with Crippen molar-refractivity contribution >= 4 is 40.3 Å². The van der Waals surface area contributed by atoms with Gasteiger partial charge in [-0.15, -0.1) is 0 Å². The van der Waals surface area contributed by atoms with E-state index in [9.17, 15) is 18.6 Å². The van der Waals surface area contributed by atoms with Gasteiger partial charge in [0.25, 0.3) is 0 Å². The maximum atomic E-state index is 11.0. The second-order valence-corrected chi connectivity index (χ2v) is 8.48. The third-order valence-corrected chi connectivity index (χ3v) is 3.57. The van der Waals surface area contributed by atoms with Crippen LogP contribution in [-0.2, 0) is 29.3 Å². The van der Waals surface area contributed by atoms with Crippen LogP contribution >= 0.6 is 11.6 Å². The molecule has 0 aliphatic rings. The minimum Gasteiger partial charge on any atom is -0.444 e. The molecule has 0 aromatic heterocycles. The molecule has 0 aliphatic carbocycles. The number of amides is 3. The summed E-state index contributed by atoms with van der Waals surface area (Å²) in [5.41, 5.74) is 4.26. The third-order valence-electron chi connectivity index (χ3n) is 2.49. The average Bonchev–Trinajstić information content (AvgIpc) is 2.51. The summed E-state index contributed by atoms with van der Waals surface area (Å²) < 4.78 is 20.8. The Balaban J connectivity index is 0. The highest BCUT2D eigenvalue weighted by atomic mass is 35.5. The number of hydrogen-bond acceptors (Lipinski definition) is 6. The monoisotopic (exact) mass is 448 g/mol. The molecule has 0 bridgehead atoms. The van der Waals surface area contributed by atoms with Crippen LogP contribution in [-0.4, -0.2) is 23.5 Å². The molecule has 3 amide bonds. The van der Waals surface area contributed by atoms with E-state index in [1.165, 1.54) is 6.92 Å². The van der Waals surface area contributed by atoms with Crippen LogP contribution in [0.2, 0.25) is 5.02 Å². The van der Waals surface area contributed by atoms with Crippen molar-refractivity contribution in [1.29, 1.82) is 0 Å². The van der Waals surface area contributed by atoms with Gasteiger partial charge in [0.1, 0.15) is 5.60 Å². The SMILES string of the molecule is CC(=O)N[S-](=O)=NC(=O)CCC(C)C.CC(C)(C)OC(N)=O.Clc1ccccc1. The first kappa shape index (κ1) is 29.1. The van der Waals surface area contributed by atoms with Gasteiger partial charge in [0.15, 0.2) is 0 Å². The third kappa shape index (κ3) is 25.9. The number of nitrogens with zero attached hydrogens (tertiary/aromatic N) is 1. The highest BCUT2D eigenvalue weighted by Gasteiger charge is 2.12. The van der Waals surface area contributed by atoms with Gasteiger partial charge in [-0.25, -0.2) is 4.79 Å². The summed E-state index contributed by atoms with van der Waals surface area (Å²) in [4.78, 5) is 31.5. The van der Waals surface area contributed by atoms with Gasteiger partial charge < -0.3 is 23.8 Å². The van der Waals surface area contributed by atoms with Crippen LogP contribution in [0.1, 0.15) is 54.4 Å². The number of carbonyl (C=O) groups excluding carboxylic acids is 3. The fraction of sp³-hybridized carbons (Fsp3) is 0.526. The smallest absolute Gasteiger partial charge is 0.405 e. The molecule has 3 N–H and O–H groups in total. The zero-order valence-corrected chi connectivity index (χ0v) is 19.3. The van der Waals surface area contributed by atoms with Crippen molar-refractivity contribution < 1.29 is 23.3 Å². The standard InChI is InChI=1S/C8H15N2O3S.C6H5Cl.C5H11NO2/c1-6(2)4-5-8(12)10-14(13)9-7(3)11;7-6-4-2-1-3-5-6;1-5(2,3)8-4(6)7/h6H,4-5H2,1-3H3,(H,9,10,11,12,13);1-5H;1-3H3,(H2,6,7)/q-1;;. The van der Waals surface area contributed by atoms with Crippen molar-refractivity contribution in [3.63, 3.8) is 0 Å². The van der Waals surface area contributed by atoms with Gasteiger partial charge in [-0.1, -0.05) is 54.4 Å². The molecule has 8 nitrogen and oxygen atoms in total. The Bertz CT molecular complexity index is 712. The second kappa shape index (κ2) is 15.8. The molecule has 166 valence electrons. The first-order valence-electron chi connectivity index (χ1n) is 8.85. The molecule has 29 heavy (non-hydrogen) atoms. The number of primary amides is 1. The fourth-order valence-corrected chi connectivity index (χ4v) is 2.13. The fourth-order valence-electron chi connectivity index (χ4n) is 1.41. The lowest BCUT2D eigenvalue weighted by molar-refractivity contribution is -0.118. The second-order valence-electron chi connectivity index (χ2n) is 7.15. The van der Waals surface area contributed by atoms with E-state index in [0.717, 1.165) is 5.02 Å². The van der Waals surface area contributed by atoms with Gasteiger partial charge in [0.05, 0.1) is 0 Å². The molecule has 0 unspecified atom stereocenters. The lowest BCUT2D eigenvalue weighted by Crippen LogP contribution is -2.27. The van der Waals surface area contributed by atoms with Crippen molar-refractivity contribution in [2.45, 2.75) is 60.0 Å². The van der Waals surface area contributed by atoms with Gasteiger partial charge in [-0.3, -0.25) is 9.59 Å². The predicted octanol–water partition coefficient (Wildman–Crippen LogP) is 4.37. The van der Waals surface area contributed by atoms with E-state index >= 15 is 0 Å². The summed E-state index contributed by atoms with van der Waals surface area (Å²) in [6.07, 6.45) is 0.250. The van der Waals surface area contributed by atoms with Crippen LogP contribution in [0.5, 0.6) is 0 Å². The predicted molar refractivity (Wildman–Crippen MR) is 115 cm³/mol. The van der Waals surface area contributed by atoms with Crippen LogP contribution in [0.3, 0.4) is 0 Å². The number of benzene rings is 1. The summed E-state index contributed by atoms with van der Waals surface area (Å²) >= 11 is 5.54. The van der Waals surface area contributed by atoms with Crippen molar-refractivity contribution in [1.82, 2.24) is 4.72 Å². The van der Waals surface area contributed by atoms with Crippen LogP contribution < -0.4 is 10.5 Å². The summed E-state index contributed by atoms with van der Waals surface area (Å²) in [6.45, 7) is 10.5. The quantitative estimate of drug-likeness (QED) is 0.661. The van der Waals surface area contributed by atoms with E-state index in [1.807, 2.05) is 48.9 Å². The number of nitrogens with one attached hydrogen (secondary N) is 1. The minimum absolute atomic E-state index is 0.267. The van der Waals surface area contributed by atoms with Gasteiger partial charge in [0.2, 0.25) is 11.8 Å². The molecule has 10 heteroatoms. The molecule has 0 heterocycles. The largest absolute Gasteiger partial charge is 0.444 e. The van der Waals surface area contributed by atoms with E-state index in [4.69, 9.17) is 17.3 Å². The van der Waals surface area contributed by atoms with Gasteiger partial charge in [0, 0.05) is 18.4 Å². The topological polar surface area (TPSA) is 128 Å². The number of carbonyl (C=O) groups is 3. The molecule has 0 radical (unpaired) electrons. The van der Waals surface area contributed by atoms with E-state index in [1.54, 1.807) is 20.8 Å². The van der Waals surface area contributed by atoms with Crippen molar-refractivity contribution in [2.75, 3.05) is 0 Å². The Labute approximate surface area is 179 Å².